The molecule has 24 heavy (non-hydrogen) atoms. The van der Waals surface area contributed by atoms with Crippen molar-refractivity contribution in [3.63, 3.8) is 0 Å². The molecule has 3 aromatic rings. The molecule has 0 spiro atoms. The van der Waals surface area contributed by atoms with Gasteiger partial charge in [-0.05, 0) is 37.6 Å². The summed E-state index contributed by atoms with van der Waals surface area (Å²) in [5.41, 5.74) is 4.46. The highest BCUT2D eigenvalue weighted by atomic mass is 16.6. The Morgan fingerprint density at radius 3 is 3.00 bits per heavy atom. The zero-order valence-electron chi connectivity index (χ0n) is 13.7. The number of hydroxylamine groups is 1. The lowest BCUT2D eigenvalue weighted by Gasteiger charge is -2.15. The molecule has 2 aromatic heterocycles. The van der Waals surface area contributed by atoms with E-state index >= 15 is 0 Å². The van der Waals surface area contributed by atoms with E-state index < -0.39 is 0 Å². The fourth-order valence-electron chi connectivity index (χ4n) is 2.25. The maximum atomic E-state index is 6.01. The number of fused-ring (bicyclic) bond motifs is 1. The van der Waals surface area contributed by atoms with E-state index in [1.165, 1.54) is 13.4 Å². The number of hydrogen-bond acceptors (Lipinski definition) is 6. The standard InChI is InChI=1S/C16H18N6O2/c1-11-5-4-6-13(9-11)24-12(2)14-7-8-17-16-20-15(21-22(14)16)18-10-19-23-3/h4-10,12H,1-3H3,(H,18,19,21)/t12-/m1/s1. The number of nitrogens with zero attached hydrogens (tertiary/aromatic N) is 5. The molecule has 0 saturated heterocycles. The van der Waals surface area contributed by atoms with Crippen LogP contribution in [0.5, 0.6) is 5.75 Å². The van der Waals surface area contributed by atoms with Gasteiger partial charge in [-0.2, -0.15) is 14.5 Å². The minimum Gasteiger partial charge on any atom is -0.484 e. The number of rotatable bonds is 6. The second-order valence-corrected chi connectivity index (χ2v) is 5.15. The highest BCUT2D eigenvalue weighted by Crippen LogP contribution is 2.22. The zero-order valence-corrected chi connectivity index (χ0v) is 13.7. The summed E-state index contributed by atoms with van der Waals surface area (Å²) < 4.78 is 7.63. The topological polar surface area (TPSA) is 85.9 Å². The number of nitrogens with one attached hydrogen (secondary N) is 1. The molecular weight excluding hydrogens is 308 g/mol. The van der Waals surface area contributed by atoms with E-state index in [2.05, 4.69) is 30.4 Å². The van der Waals surface area contributed by atoms with E-state index in [0.29, 0.717) is 5.78 Å². The molecule has 0 aliphatic carbocycles. The Morgan fingerprint density at radius 2 is 2.21 bits per heavy atom. The van der Waals surface area contributed by atoms with Crippen LogP contribution in [0.1, 0.15) is 24.3 Å². The van der Waals surface area contributed by atoms with Gasteiger partial charge < -0.3 is 4.74 Å². The molecule has 124 valence electrons. The number of aryl methyl sites for hydroxylation is 1. The van der Waals surface area contributed by atoms with E-state index in [1.54, 1.807) is 10.7 Å². The summed E-state index contributed by atoms with van der Waals surface area (Å²) in [4.78, 5) is 17.2. The first-order valence-corrected chi connectivity index (χ1v) is 7.43. The third kappa shape index (κ3) is 3.49. The summed E-state index contributed by atoms with van der Waals surface area (Å²) in [6, 6.07) is 9.75. The van der Waals surface area contributed by atoms with Gasteiger partial charge >= 0.3 is 0 Å². The Hall–Kier alpha value is -3.00. The fraction of sp³-hybridized carbons (Fsp3) is 0.250. The summed E-state index contributed by atoms with van der Waals surface area (Å²) in [6.07, 6.45) is 2.81. The lowest BCUT2D eigenvalue weighted by atomic mass is 10.2. The zero-order chi connectivity index (χ0) is 16.9. The monoisotopic (exact) mass is 326 g/mol. The van der Waals surface area contributed by atoms with Crippen LogP contribution in [-0.2, 0) is 4.84 Å². The molecule has 0 aliphatic rings. The van der Waals surface area contributed by atoms with Crippen LogP contribution in [0, 0.1) is 6.92 Å². The highest BCUT2D eigenvalue weighted by Gasteiger charge is 2.15. The molecule has 8 heteroatoms. The summed E-state index contributed by atoms with van der Waals surface area (Å²) in [7, 11) is 1.49. The normalized spacial score (nSPS) is 12.6. The number of hydrogen-bond donors (Lipinski definition) is 1. The second kappa shape index (κ2) is 7.05. The molecular formula is C16H18N6O2. The van der Waals surface area contributed by atoms with Gasteiger partial charge in [-0.3, -0.25) is 10.3 Å². The number of aromatic nitrogens is 4. The van der Waals surface area contributed by atoms with Crippen molar-refractivity contribution in [3.8, 4) is 5.75 Å². The quantitative estimate of drug-likeness (QED) is 0.425. The predicted molar refractivity (Wildman–Crippen MR) is 89.3 cm³/mol. The molecule has 0 fully saturated rings. The van der Waals surface area contributed by atoms with Crippen molar-refractivity contribution >= 4 is 18.1 Å². The highest BCUT2D eigenvalue weighted by molar-refractivity contribution is 5.57. The van der Waals surface area contributed by atoms with Crippen LogP contribution in [0.4, 0.5) is 5.95 Å². The third-order valence-corrected chi connectivity index (χ3v) is 3.33. The molecule has 0 bridgehead atoms. The van der Waals surface area contributed by atoms with Gasteiger partial charge in [0, 0.05) is 6.20 Å². The van der Waals surface area contributed by atoms with Gasteiger partial charge in [0.05, 0.1) is 12.8 Å². The molecule has 0 aliphatic heterocycles. The minimum atomic E-state index is -0.229. The van der Waals surface area contributed by atoms with Crippen molar-refractivity contribution in [2.75, 3.05) is 7.11 Å². The van der Waals surface area contributed by atoms with Gasteiger partial charge in [-0.25, -0.2) is 4.98 Å². The second-order valence-electron chi connectivity index (χ2n) is 5.15. The van der Waals surface area contributed by atoms with E-state index in [4.69, 9.17) is 4.74 Å². The molecule has 1 aromatic carbocycles. The molecule has 2 heterocycles. The Morgan fingerprint density at radius 1 is 1.33 bits per heavy atom. The summed E-state index contributed by atoms with van der Waals surface area (Å²) in [5, 5.41) is 4.33. The average molecular weight is 326 g/mol. The predicted octanol–water partition coefficient (Wildman–Crippen LogP) is 2.38. The third-order valence-electron chi connectivity index (χ3n) is 3.33. The maximum Gasteiger partial charge on any atom is 0.272 e. The molecule has 1 N–H and O–H groups in total. The van der Waals surface area contributed by atoms with E-state index in [-0.39, 0.29) is 12.1 Å². The van der Waals surface area contributed by atoms with Crippen molar-refractivity contribution in [1.29, 1.82) is 0 Å². The van der Waals surface area contributed by atoms with Crippen LogP contribution < -0.4 is 10.2 Å². The summed E-state index contributed by atoms with van der Waals surface area (Å²) >= 11 is 0. The van der Waals surface area contributed by atoms with Gasteiger partial charge in [-0.15, -0.1) is 5.10 Å². The first-order valence-electron chi connectivity index (χ1n) is 7.43. The Kier molecular flexibility index (Phi) is 4.66. The van der Waals surface area contributed by atoms with Gasteiger partial charge in [0.1, 0.15) is 18.2 Å². The molecule has 1 atom stereocenters. The Bertz CT molecular complexity index is 861. The van der Waals surface area contributed by atoms with Crippen LogP contribution in [0.3, 0.4) is 0 Å². The van der Waals surface area contributed by atoms with Gasteiger partial charge in [0.25, 0.3) is 11.7 Å². The molecule has 0 amide bonds. The smallest absolute Gasteiger partial charge is 0.272 e. The van der Waals surface area contributed by atoms with Crippen molar-refractivity contribution in [2.45, 2.75) is 20.0 Å². The van der Waals surface area contributed by atoms with Crippen LogP contribution in [-0.4, -0.2) is 33.0 Å². The maximum absolute atomic E-state index is 6.01. The molecule has 0 radical (unpaired) electrons. The Balaban J connectivity index is 1.88. The van der Waals surface area contributed by atoms with Gasteiger partial charge in [0.2, 0.25) is 0 Å². The lowest BCUT2D eigenvalue weighted by molar-refractivity contribution is 0.148. The molecule has 8 nitrogen and oxygen atoms in total. The van der Waals surface area contributed by atoms with E-state index in [1.807, 2.05) is 44.2 Å². The van der Waals surface area contributed by atoms with Crippen molar-refractivity contribution in [3.05, 3.63) is 47.8 Å². The van der Waals surface area contributed by atoms with Gasteiger partial charge in [0.15, 0.2) is 0 Å². The van der Waals surface area contributed by atoms with Crippen LogP contribution in [0.2, 0.25) is 0 Å². The summed E-state index contributed by atoms with van der Waals surface area (Å²) in [5.74, 6) is 1.54. The number of aliphatic imine (C=N–C) groups is 1. The molecule has 3 rings (SSSR count). The number of ether oxygens (including phenoxy) is 1. The largest absolute Gasteiger partial charge is 0.484 e. The van der Waals surface area contributed by atoms with E-state index in [9.17, 15) is 0 Å². The number of benzene rings is 1. The Labute approximate surface area is 139 Å². The van der Waals surface area contributed by atoms with E-state index in [0.717, 1.165) is 17.0 Å². The van der Waals surface area contributed by atoms with Crippen molar-refractivity contribution in [2.24, 2.45) is 4.99 Å². The first kappa shape index (κ1) is 15.9. The minimum absolute atomic E-state index is 0.229. The molecule has 0 unspecified atom stereocenters. The average Bonchev–Trinajstić information content (AvgIpc) is 2.97. The van der Waals surface area contributed by atoms with Crippen molar-refractivity contribution in [1.82, 2.24) is 25.1 Å². The van der Waals surface area contributed by atoms with Gasteiger partial charge in [-0.1, -0.05) is 12.1 Å². The van der Waals surface area contributed by atoms with Crippen LogP contribution in [0.25, 0.3) is 5.78 Å². The van der Waals surface area contributed by atoms with Crippen LogP contribution in [0.15, 0.2) is 41.5 Å². The fourth-order valence-corrected chi connectivity index (χ4v) is 2.25. The lowest BCUT2D eigenvalue weighted by Crippen LogP contribution is -2.10. The van der Waals surface area contributed by atoms with Crippen LogP contribution >= 0.6 is 0 Å². The molecule has 0 saturated carbocycles. The summed E-state index contributed by atoms with van der Waals surface area (Å²) in [6.45, 7) is 3.98. The first-order chi connectivity index (χ1) is 11.7. The SMILES string of the molecule is CONC=Nc1nc2nccc([C@@H](C)Oc3cccc(C)c3)n2n1. The van der Waals surface area contributed by atoms with Crippen molar-refractivity contribution < 1.29 is 9.57 Å².